The summed E-state index contributed by atoms with van der Waals surface area (Å²) in [7, 11) is -3.01. The molecule has 0 N–H and O–H groups in total. The maximum Gasteiger partial charge on any atom is 0.246 e. The van der Waals surface area contributed by atoms with Gasteiger partial charge in [-0.3, -0.25) is 4.79 Å². The topological polar surface area (TPSA) is 67.3 Å². The molecular formula is C17H20N2O3S2. The molecule has 3 rings (SSSR count). The van der Waals surface area contributed by atoms with Crippen LogP contribution in [0, 0.1) is 0 Å². The smallest absolute Gasteiger partial charge is 0.246 e. The van der Waals surface area contributed by atoms with Gasteiger partial charge in [-0.15, -0.1) is 11.3 Å². The molecule has 0 unspecified atom stereocenters. The molecule has 2 aromatic rings. The van der Waals surface area contributed by atoms with E-state index in [0.717, 1.165) is 21.6 Å². The van der Waals surface area contributed by atoms with Gasteiger partial charge in [-0.25, -0.2) is 13.4 Å². The quantitative estimate of drug-likeness (QED) is 0.765. The Kier molecular flexibility index (Phi) is 5.01. The number of benzene rings is 1. The van der Waals surface area contributed by atoms with E-state index in [9.17, 15) is 13.2 Å². The first-order valence-corrected chi connectivity index (χ1v) is 10.7. The molecule has 0 aliphatic carbocycles. The van der Waals surface area contributed by atoms with Crippen LogP contribution in [0.3, 0.4) is 0 Å². The zero-order valence-electron chi connectivity index (χ0n) is 13.5. The van der Waals surface area contributed by atoms with Gasteiger partial charge in [0, 0.05) is 18.7 Å². The predicted octanol–water partition coefficient (Wildman–Crippen LogP) is 2.74. The summed E-state index contributed by atoms with van der Waals surface area (Å²) >= 11 is 1.53. The number of hydrogen-bond acceptors (Lipinski definition) is 5. The summed E-state index contributed by atoms with van der Waals surface area (Å²) < 4.78 is 24.5. The minimum absolute atomic E-state index is 0.0771. The van der Waals surface area contributed by atoms with E-state index in [1.807, 2.05) is 31.2 Å². The lowest BCUT2D eigenvalue weighted by molar-refractivity contribution is -0.127. The number of rotatable bonds is 5. The van der Waals surface area contributed by atoms with Gasteiger partial charge in [0.1, 0.15) is 5.01 Å². The standard InChI is InChI=1S/C17H20N2O3S2/c1-2-10-19(13-9-11-24(21,22)12-13)17(20)8-7-16-18-14-5-3-4-6-15(14)23-16/h3-8,13H,2,9-12H2,1H3/b8-7+/t13-/m1/s1. The van der Waals surface area contributed by atoms with Crippen LogP contribution >= 0.6 is 11.3 Å². The van der Waals surface area contributed by atoms with Crippen molar-refractivity contribution in [2.24, 2.45) is 0 Å². The second-order valence-corrected chi connectivity index (χ2v) is 9.23. The molecule has 24 heavy (non-hydrogen) atoms. The molecule has 0 saturated carbocycles. The molecule has 1 amide bonds. The highest BCUT2D eigenvalue weighted by Crippen LogP contribution is 2.23. The van der Waals surface area contributed by atoms with Gasteiger partial charge in [0.25, 0.3) is 0 Å². The summed E-state index contributed by atoms with van der Waals surface area (Å²) in [5.74, 6) is 0.110. The van der Waals surface area contributed by atoms with Gasteiger partial charge >= 0.3 is 0 Å². The average Bonchev–Trinajstić information content (AvgIpc) is 3.12. The number of carbonyl (C=O) groups excluding carboxylic acids is 1. The molecule has 0 bridgehead atoms. The first kappa shape index (κ1) is 17.1. The zero-order chi connectivity index (χ0) is 17.2. The molecule has 128 valence electrons. The van der Waals surface area contributed by atoms with Gasteiger partial charge in [-0.05, 0) is 31.1 Å². The van der Waals surface area contributed by atoms with E-state index in [-0.39, 0.29) is 23.5 Å². The van der Waals surface area contributed by atoms with E-state index in [1.165, 1.54) is 17.4 Å². The number of hydrogen-bond donors (Lipinski definition) is 0. The molecule has 0 radical (unpaired) electrons. The summed E-state index contributed by atoms with van der Waals surface area (Å²) in [5.41, 5.74) is 0.918. The maximum atomic E-state index is 12.5. The second kappa shape index (κ2) is 7.03. The van der Waals surface area contributed by atoms with Crippen LogP contribution in [0.4, 0.5) is 0 Å². The van der Waals surface area contributed by atoms with Crippen LogP contribution in [0.1, 0.15) is 24.8 Å². The van der Waals surface area contributed by atoms with Crippen molar-refractivity contribution in [1.82, 2.24) is 9.88 Å². The fraction of sp³-hybridized carbons (Fsp3) is 0.412. The number of sulfone groups is 1. The lowest BCUT2D eigenvalue weighted by Gasteiger charge is -2.26. The van der Waals surface area contributed by atoms with Crippen LogP contribution < -0.4 is 0 Å². The van der Waals surface area contributed by atoms with Crippen LogP contribution in [0.2, 0.25) is 0 Å². The maximum absolute atomic E-state index is 12.5. The van der Waals surface area contributed by atoms with Crippen molar-refractivity contribution in [3.05, 3.63) is 35.3 Å². The van der Waals surface area contributed by atoms with Crippen molar-refractivity contribution in [2.75, 3.05) is 18.1 Å². The number of fused-ring (bicyclic) bond motifs is 1. The summed E-state index contributed by atoms with van der Waals surface area (Å²) in [6, 6.07) is 7.63. The van der Waals surface area contributed by atoms with Crippen LogP contribution in [0.5, 0.6) is 0 Å². The lowest BCUT2D eigenvalue weighted by Crippen LogP contribution is -2.40. The normalized spacial score (nSPS) is 20.0. The van der Waals surface area contributed by atoms with Crippen molar-refractivity contribution in [1.29, 1.82) is 0 Å². The number of amides is 1. The van der Waals surface area contributed by atoms with E-state index in [2.05, 4.69) is 4.98 Å². The summed E-state index contributed by atoms with van der Waals surface area (Å²) in [4.78, 5) is 18.7. The van der Waals surface area contributed by atoms with Crippen molar-refractivity contribution in [2.45, 2.75) is 25.8 Å². The van der Waals surface area contributed by atoms with E-state index < -0.39 is 9.84 Å². The van der Waals surface area contributed by atoms with Crippen LogP contribution in [0.25, 0.3) is 16.3 Å². The number of carbonyl (C=O) groups is 1. The van der Waals surface area contributed by atoms with Crippen molar-refractivity contribution >= 4 is 43.4 Å². The Bertz CT molecular complexity index is 838. The molecule has 1 aromatic heterocycles. The molecule has 5 nitrogen and oxygen atoms in total. The number of para-hydroxylation sites is 1. The van der Waals surface area contributed by atoms with Gasteiger partial charge in [0.15, 0.2) is 9.84 Å². The lowest BCUT2D eigenvalue weighted by atomic mass is 10.2. The zero-order valence-corrected chi connectivity index (χ0v) is 15.1. The number of thiazole rings is 1. The number of nitrogens with zero attached hydrogens (tertiary/aromatic N) is 2. The Morgan fingerprint density at radius 2 is 2.21 bits per heavy atom. The second-order valence-electron chi connectivity index (χ2n) is 5.94. The molecule has 1 aliphatic rings. The van der Waals surface area contributed by atoms with Crippen molar-refractivity contribution < 1.29 is 13.2 Å². The minimum atomic E-state index is -3.01. The van der Waals surface area contributed by atoms with Gasteiger partial charge in [0.2, 0.25) is 5.91 Å². The third-order valence-electron chi connectivity index (χ3n) is 4.08. The Hall–Kier alpha value is -1.73. The predicted molar refractivity (Wildman–Crippen MR) is 97.7 cm³/mol. The largest absolute Gasteiger partial charge is 0.335 e. The molecule has 1 fully saturated rings. The van der Waals surface area contributed by atoms with Crippen LogP contribution in [0.15, 0.2) is 30.3 Å². The fourth-order valence-corrected chi connectivity index (χ4v) is 5.54. The van der Waals surface area contributed by atoms with Gasteiger partial charge in [0.05, 0.1) is 21.7 Å². The third-order valence-corrected chi connectivity index (χ3v) is 6.83. The van der Waals surface area contributed by atoms with Crippen molar-refractivity contribution in [3.63, 3.8) is 0 Å². The summed E-state index contributed by atoms with van der Waals surface area (Å²) in [6.45, 7) is 2.56. The molecule has 1 aromatic carbocycles. The van der Waals surface area contributed by atoms with E-state index in [1.54, 1.807) is 11.0 Å². The Labute approximate surface area is 145 Å². The molecule has 1 aliphatic heterocycles. The highest BCUT2D eigenvalue weighted by Gasteiger charge is 2.33. The van der Waals surface area contributed by atoms with Crippen LogP contribution in [-0.2, 0) is 14.6 Å². The molecule has 1 atom stereocenters. The third kappa shape index (κ3) is 3.84. The van der Waals surface area contributed by atoms with Gasteiger partial charge in [-0.2, -0.15) is 0 Å². The summed E-state index contributed by atoms with van der Waals surface area (Å²) in [5, 5.41) is 0.778. The molecule has 0 spiro atoms. The van der Waals surface area contributed by atoms with E-state index >= 15 is 0 Å². The molecule has 2 heterocycles. The highest BCUT2D eigenvalue weighted by atomic mass is 32.2. The molecular weight excluding hydrogens is 344 g/mol. The monoisotopic (exact) mass is 364 g/mol. The minimum Gasteiger partial charge on any atom is -0.335 e. The van der Waals surface area contributed by atoms with Gasteiger partial charge < -0.3 is 4.90 Å². The van der Waals surface area contributed by atoms with Gasteiger partial charge in [-0.1, -0.05) is 19.1 Å². The SMILES string of the molecule is CCCN(C(=O)/C=C/c1nc2ccccc2s1)[C@@H]1CCS(=O)(=O)C1. The van der Waals surface area contributed by atoms with Crippen LogP contribution in [-0.4, -0.2) is 48.3 Å². The van der Waals surface area contributed by atoms with Crippen molar-refractivity contribution in [3.8, 4) is 0 Å². The highest BCUT2D eigenvalue weighted by molar-refractivity contribution is 7.91. The van der Waals surface area contributed by atoms with E-state index in [0.29, 0.717) is 13.0 Å². The molecule has 7 heteroatoms. The fourth-order valence-electron chi connectivity index (χ4n) is 2.93. The molecule has 1 saturated heterocycles. The number of aromatic nitrogens is 1. The Balaban J connectivity index is 1.75. The first-order valence-electron chi connectivity index (χ1n) is 8.03. The first-order chi connectivity index (χ1) is 11.5. The Morgan fingerprint density at radius 1 is 1.42 bits per heavy atom. The summed E-state index contributed by atoms with van der Waals surface area (Å²) in [6.07, 6.45) is 4.57. The average molecular weight is 364 g/mol. The Morgan fingerprint density at radius 3 is 2.88 bits per heavy atom. The van der Waals surface area contributed by atoms with E-state index in [4.69, 9.17) is 0 Å².